The Hall–Kier alpha value is -2.98. The van der Waals surface area contributed by atoms with E-state index in [0.717, 1.165) is 18.2 Å². The van der Waals surface area contributed by atoms with Crippen LogP contribution in [0.25, 0.3) is 0 Å². The number of nitrogens with one attached hydrogen (secondary N) is 1. The van der Waals surface area contributed by atoms with Crippen LogP contribution in [0.2, 0.25) is 5.02 Å². The van der Waals surface area contributed by atoms with Gasteiger partial charge in [-0.1, -0.05) is 17.7 Å². The number of ether oxygens (including phenoxy) is 1. The molecule has 0 saturated heterocycles. The lowest BCUT2D eigenvalue weighted by Crippen LogP contribution is -2.15. The maximum absolute atomic E-state index is 14.4. The molecule has 0 radical (unpaired) electrons. The number of anilines is 1. The third-order valence-corrected chi connectivity index (χ3v) is 5.74. The molecule has 1 aromatic heterocycles. The van der Waals surface area contributed by atoms with Crippen molar-refractivity contribution in [2.24, 2.45) is 0 Å². The molecule has 3 aromatic rings. The number of halogens is 5. The summed E-state index contributed by atoms with van der Waals surface area (Å²) in [6.45, 7) is 1.64. The first-order chi connectivity index (χ1) is 15.0. The molecule has 0 bridgehead atoms. The lowest BCUT2D eigenvalue weighted by molar-refractivity contribution is -0.137. The van der Waals surface area contributed by atoms with Crippen molar-refractivity contribution in [2.45, 2.75) is 18.0 Å². The van der Waals surface area contributed by atoms with E-state index in [0.29, 0.717) is 11.6 Å². The van der Waals surface area contributed by atoms with Gasteiger partial charge in [-0.15, -0.1) is 0 Å². The second kappa shape index (κ2) is 9.25. The Morgan fingerprint density at radius 2 is 1.91 bits per heavy atom. The fourth-order valence-electron chi connectivity index (χ4n) is 2.84. The summed E-state index contributed by atoms with van der Waals surface area (Å²) in [6, 6.07) is 8.03. The molecule has 168 valence electrons. The highest BCUT2D eigenvalue weighted by molar-refractivity contribution is 7.86. The van der Waals surface area contributed by atoms with Gasteiger partial charge in [-0.2, -0.15) is 13.2 Å². The van der Waals surface area contributed by atoms with E-state index in [2.05, 4.69) is 9.71 Å². The molecule has 1 heterocycles. The van der Waals surface area contributed by atoms with Crippen molar-refractivity contribution in [3.05, 3.63) is 81.9 Å². The number of benzene rings is 2. The van der Waals surface area contributed by atoms with Gasteiger partial charge in [0.1, 0.15) is 33.8 Å². The first kappa shape index (κ1) is 23.7. The van der Waals surface area contributed by atoms with Crippen LogP contribution >= 0.6 is 11.6 Å². The minimum absolute atomic E-state index is 0.0306. The van der Waals surface area contributed by atoms with E-state index in [1.165, 1.54) is 31.5 Å². The highest BCUT2D eigenvalue weighted by Crippen LogP contribution is 2.36. The monoisotopic (exact) mass is 486 g/mol. The first-order valence-corrected chi connectivity index (χ1v) is 10.4. The molecule has 32 heavy (non-hydrogen) atoms. The van der Waals surface area contributed by atoms with E-state index in [4.69, 9.17) is 16.3 Å². The van der Waals surface area contributed by atoms with Gasteiger partial charge in [0.15, 0.2) is 0 Å². The number of aryl methyl sites for hydroxylation is 1. The van der Waals surface area contributed by atoms with Crippen molar-refractivity contribution < 1.29 is 31.3 Å². The summed E-state index contributed by atoms with van der Waals surface area (Å²) in [5.74, 6) is -1.74. The second-order valence-electron chi connectivity index (χ2n) is 6.57. The van der Waals surface area contributed by atoms with Crippen molar-refractivity contribution in [3.63, 3.8) is 0 Å². The zero-order chi connectivity index (χ0) is 23.6. The Bertz CT molecular complexity index is 1220. The zero-order valence-electron chi connectivity index (χ0n) is 16.6. The van der Waals surface area contributed by atoms with Crippen LogP contribution in [0.4, 0.5) is 23.2 Å². The first-order valence-electron chi connectivity index (χ1n) is 8.92. The second-order valence-corrected chi connectivity index (χ2v) is 8.19. The smallest absolute Gasteiger partial charge is 0.417 e. The summed E-state index contributed by atoms with van der Waals surface area (Å²) in [5, 5.41) is -0.544. The van der Waals surface area contributed by atoms with Crippen LogP contribution < -0.4 is 9.46 Å². The molecule has 1 N–H and O–H groups in total. The van der Waals surface area contributed by atoms with E-state index < -0.39 is 39.3 Å². The van der Waals surface area contributed by atoms with Crippen LogP contribution in [-0.2, 0) is 17.2 Å². The van der Waals surface area contributed by atoms with Gasteiger partial charge in [-0.25, -0.2) is 8.60 Å². The molecule has 1 atom stereocenters. The fourth-order valence-corrected chi connectivity index (χ4v) is 3.95. The average molecular weight is 487 g/mol. The molecule has 1 unspecified atom stereocenters. The van der Waals surface area contributed by atoms with Crippen molar-refractivity contribution >= 4 is 34.1 Å². The zero-order valence-corrected chi connectivity index (χ0v) is 18.2. The van der Waals surface area contributed by atoms with Gasteiger partial charge in [0.05, 0.1) is 28.3 Å². The maximum atomic E-state index is 14.4. The van der Waals surface area contributed by atoms with E-state index >= 15 is 0 Å². The molecule has 0 spiro atoms. The average Bonchev–Trinajstić information content (AvgIpc) is 2.72. The minimum Gasteiger partial charge on any atom is -0.496 e. The predicted octanol–water partition coefficient (Wildman–Crippen LogP) is 5.58. The summed E-state index contributed by atoms with van der Waals surface area (Å²) < 4.78 is 74.1. The Labute approximate surface area is 188 Å². The van der Waals surface area contributed by atoms with E-state index in [-0.39, 0.29) is 27.6 Å². The topological polar surface area (TPSA) is 68.3 Å². The largest absolute Gasteiger partial charge is 0.496 e. The van der Waals surface area contributed by atoms with Gasteiger partial charge < -0.3 is 4.74 Å². The van der Waals surface area contributed by atoms with Crippen LogP contribution in [0.5, 0.6) is 5.75 Å². The van der Waals surface area contributed by atoms with Crippen LogP contribution in [-0.4, -0.2) is 22.1 Å². The summed E-state index contributed by atoms with van der Waals surface area (Å²) >= 11 is 5.60. The molecule has 2 aromatic carbocycles. The molecule has 0 fully saturated rings. The normalized spacial score (nSPS) is 12.3. The van der Waals surface area contributed by atoms with Crippen molar-refractivity contribution in [1.82, 2.24) is 4.98 Å². The van der Waals surface area contributed by atoms with E-state index in [1.807, 2.05) is 0 Å². The number of methoxy groups -OCH3 is 1. The van der Waals surface area contributed by atoms with Gasteiger partial charge in [0.2, 0.25) is 5.78 Å². The van der Waals surface area contributed by atoms with Crippen molar-refractivity contribution in [3.8, 4) is 5.75 Å². The number of rotatable bonds is 6. The molecule has 5 nitrogen and oxygen atoms in total. The van der Waals surface area contributed by atoms with Crippen LogP contribution in [0, 0.1) is 12.7 Å². The number of ketones is 1. The number of hydrogen-bond acceptors (Lipinski definition) is 4. The predicted molar refractivity (Wildman–Crippen MR) is 112 cm³/mol. The number of carbonyl (C=O) groups is 1. The number of pyridine rings is 1. The molecular weight excluding hydrogens is 472 g/mol. The highest BCUT2D eigenvalue weighted by Gasteiger charge is 2.34. The molecule has 0 saturated carbocycles. The van der Waals surface area contributed by atoms with Gasteiger partial charge in [-0.05, 0) is 48.9 Å². The number of aromatic nitrogens is 1. The Morgan fingerprint density at radius 3 is 2.56 bits per heavy atom. The van der Waals surface area contributed by atoms with Gasteiger partial charge >= 0.3 is 6.18 Å². The van der Waals surface area contributed by atoms with Crippen LogP contribution in [0.3, 0.4) is 0 Å². The third kappa shape index (κ3) is 4.91. The molecule has 3 rings (SSSR count). The Balaban J connectivity index is 2.02. The minimum atomic E-state index is -4.75. The standard InChI is InChI=1S/C21H15ClF4N2O3S/c1-11-8-16(28-32(30)12-6-7-14(22)13(9-12)21(24,25)26)19(27-10-11)20(29)18-15(23)4-3-5-17(18)31-2/h3-10,28H,1-2H3. The van der Waals surface area contributed by atoms with Crippen LogP contribution in [0.1, 0.15) is 27.2 Å². The highest BCUT2D eigenvalue weighted by atomic mass is 35.5. The lowest BCUT2D eigenvalue weighted by Gasteiger charge is -2.14. The molecule has 0 aliphatic rings. The van der Waals surface area contributed by atoms with Gasteiger partial charge in [0.25, 0.3) is 0 Å². The van der Waals surface area contributed by atoms with Crippen molar-refractivity contribution in [2.75, 3.05) is 11.8 Å². The SMILES string of the molecule is COc1cccc(F)c1C(=O)c1ncc(C)cc1NS(=O)c1ccc(Cl)c(C(F)(F)F)c1. The number of nitrogens with zero attached hydrogens (tertiary/aromatic N) is 1. The number of alkyl halides is 3. The van der Waals surface area contributed by atoms with E-state index in [1.54, 1.807) is 6.92 Å². The fraction of sp³-hybridized carbons (Fsp3) is 0.143. The maximum Gasteiger partial charge on any atom is 0.417 e. The van der Waals surface area contributed by atoms with Gasteiger partial charge in [-0.3, -0.25) is 14.5 Å². The quantitative estimate of drug-likeness (QED) is 0.365. The summed E-state index contributed by atoms with van der Waals surface area (Å²) in [6.07, 6.45) is -3.40. The number of hydrogen-bond donors (Lipinski definition) is 1. The lowest BCUT2D eigenvalue weighted by atomic mass is 10.0. The summed E-state index contributed by atoms with van der Waals surface area (Å²) in [4.78, 5) is 16.8. The summed E-state index contributed by atoms with van der Waals surface area (Å²) in [5.41, 5.74) is -1.30. The molecular formula is C21H15ClF4N2O3S. The Morgan fingerprint density at radius 1 is 1.19 bits per heavy atom. The number of carbonyl (C=O) groups excluding carboxylic acids is 1. The molecule has 11 heteroatoms. The van der Waals surface area contributed by atoms with E-state index in [9.17, 15) is 26.6 Å². The summed E-state index contributed by atoms with van der Waals surface area (Å²) in [7, 11) is -0.953. The molecule has 0 aliphatic heterocycles. The van der Waals surface area contributed by atoms with Gasteiger partial charge in [0, 0.05) is 6.20 Å². The molecule has 0 amide bonds. The Kier molecular flexibility index (Phi) is 6.85. The molecule has 0 aliphatic carbocycles. The third-order valence-electron chi connectivity index (χ3n) is 4.32. The van der Waals surface area contributed by atoms with Crippen molar-refractivity contribution in [1.29, 1.82) is 0 Å². The van der Waals surface area contributed by atoms with Crippen LogP contribution in [0.15, 0.2) is 53.6 Å².